The summed E-state index contributed by atoms with van der Waals surface area (Å²) < 4.78 is 6.07. The minimum atomic E-state index is 0.148. The van der Waals surface area contributed by atoms with Gasteiger partial charge in [0.1, 0.15) is 5.75 Å². The molecular weight excluding hydrogens is 356 g/mol. The molecule has 1 aliphatic heterocycles. The zero-order valence-corrected chi connectivity index (χ0v) is 15.7. The predicted octanol–water partition coefficient (Wildman–Crippen LogP) is 4.12. The molecule has 5 heteroatoms. The molecule has 1 aromatic rings. The summed E-state index contributed by atoms with van der Waals surface area (Å²) >= 11 is 3.40. The van der Waals surface area contributed by atoms with Crippen LogP contribution in [-0.4, -0.2) is 37.4 Å². The number of hydrogen-bond donors (Lipinski definition) is 1. The van der Waals surface area contributed by atoms with Crippen LogP contribution in [0.1, 0.15) is 49.4 Å². The van der Waals surface area contributed by atoms with Crippen LogP contribution in [0.15, 0.2) is 16.6 Å². The van der Waals surface area contributed by atoms with Crippen molar-refractivity contribution in [1.82, 2.24) is 4.90 Å². The lowest BCUT2D eigenvalue weighted by Crippen LogP contribution is -2.35. The second-order valence-corrected chi connectivity index (χ2v) is 7.19. The number of likely N-dealkylation sites (tertiary alicyclic amines) is 1. The molecule has 0 radical (unpaired) electrons. The summed E-state index contributed by atoms with van der Waals surface area (Å²) in [6.45, 7) is 5.64. The molecule has 0 atom stereocenters. The number of rotatable bonds is 7. The first-order valence-electron chi connectivity index (χ1n) is 8.43. The topological polar surface area (TPSA) is 55.6 Å². The number of nitrogens with zero attached hydrogens (tertiary/aromatic N) is 1. The third kappa shape index (κ3) is 4.95. The first kappa shape index (κ1) is 18.3. The molecule has 1 aliphatic rings. The van der Waals surface area contributed by atoms with Gasteiger partial charge in [-0.2, -0.15) is 0 Å². The molecule has 4 nitrogen and oxygen atoms in total. The third-order valence-corrected chi connectivity index (χ3v) is 5.32. The van der Waals surface area contributed by atoms with E-state index in [0.717, 1.165) is 30.4 Å². The van der Waals surface area contributed by atoms with E-state index < -0.39 is 0 Å². The number of halogens is 1. The summed E-state index contributed by atoms with van der Waals surface area (Å²) in [7, 11) is 1.58. The molecule has 128 valence electrons. The van der Waals surface area contributed by atoms with E-state index in [1.54, 1.807) is 19.2 Å². The molecule has 0 amide bonds. The Morgan fingerprint density at radius 1 is 1.39 bits per heavy atom. The van der Waals surface area contributed by atoms with Gasteiger partial charge >= 0.3 is 0 Å². The Kier molecular flexibility index (Phi) is 6.90. The average Bonchev–Trinajstić information content (AvgIpc) is 2.56. The van der Waals surface area contributed by atoms with Crippen molar-refractivity contribution in [3.05, 3.63) is 22.2 Å². The number of hydrogen-bond acceptors (Lipinski definition) is 4. The number of nitrogens with two attached hydrogens (primary N) is 1. The maximum atomic E-state index is 12.7. The van der Waals surface area contributed by atoms with Crippen molar-refractivity contribution in [2.24, 2.45) is 5.92 Å². The van der Waals surface area contributed by atoms with Gasteiger partial charge in [0.05, 0.1) is 12.7 Å². The highest BCUT2D eigenvalue weighted by molar-refractivity contribution is 9.10. The summed E-state index contributed by atoms with van der Waals surface area (Å²) in [4.78, 5) is 15.2. The molecule has 0 saturated carbocycles. The minimum Gasteiger partial charge on any atom is -0.496 e. The average molecular weight is 383 g/mol. The third-order valence-electron chi connectivity index (χ3n) is 4.63. The van der Waals surface area contributed by atoms with E-state index in [4.69, 9.17) is 10.5 Å². The van der Waals surface area contributed by atoms with Gasteiger partial charge in [-0.3, -0.25) is 4.79 Å². The lowest BCUT2D eigenvalue weighted by atomic mass is 9.89. The maximum absolute atomic E-state index is 12.7. The Bertz CT molecular complexity index is 540. The monoisotopic (exact) mass is 382 g/mol. The smallest absolute Gasteiger partial charge is 0.166 e. The molecule has 1 fully saturated rings. The second kappa shape index (κ2) is 8.69. The van der Waals surface area contributed by atoms with Gasteiger partial charge in [0.15, 0.2) is 5.78 Å². The number of carbonyl (C=O) groups is 1. The number of methoxy groups -OCH3 is 1. The van der Waals surface area contributed by atoms with Gasteiger partial charge in [-0.1, -0.05) is 13.3 Å². The van der Waals surface area contributed by atoms with Crippen molar-refractivity contribution < 1.29 is 9.53 Å². The molecule has 0 unspecified atom stereocenters. The van der Waals surface area contributed by atoms with Crippen molar-refractivity contribution in [2.45, 2.75) is 39.0 Å². The van der Waals surface area contributed by atoms with Crippen molar-refractivity contribution in [1.29, 1.82) is 0 Å². The number of anilines is 1. The molecule has 1 saturated heterocycles. The highest BCUT2D eigenvalue weighted by Crippen LogP contribution is 2.31. The summed E-state index contributed by atoms with van der Waals surface area (Å²) in [5.41, 5.74) is 7.07. The maximum Gasteiger partial charge on any atom is 0.166 e. The van der Waals surface area contributed by atoms with E-state index in [9.17, 15) is 4.79 Å². The number of Topliss-reactive ketones (excluding diaryl/α,β-unsaturated/α-hetero) is 1. The van der Waals surface area contributed by atoms with Gasteiger partial charge < -0.3 is 15.4 Å². The SMILES string of the molecule is CCCCN1CCC(CC(=O)c2cc(Br)c(N)cc2OC)CC1. The van der Waals surface area contributed by atoms with Crippen molar-refractivity contribution in [3.63, 3.8) is 0 Å². The summed E-state index contributed by atoms with van der Waals surface area (Å²) in [6, 6.07) is 3.50. The van der Waals surface area contributed by atoms with E-state index in [0.29, 0.717) is 29.3 Å². The lowest BCUT2D eigenvalue weighted by molar-refractivity contribution is 0.0924. The fourth-order valence-corrected chi connectivity index (χ4v) is 3.47. The minimum absolute atomic E-state index is 0.148. The van der Waals surface area contributed by atoms with E-state index >= 15 is 0 Å². The van der Waals surface area contributed by atoms with Crippen LogP contribution >= 0.6 is 15.9 Å². The molecule has 0 aromatic heterocycles. The Hall–Kier alpha value is -1.07. The molecule has 0 spiro atoms. The predicted molar refractivity (Wildman–Crippen MR) is 98.1 cm³/mol. The van der Waals surface area contributed by atoms with E-state index in [1.165, 1.54) is 19.4 Å². The number of ketones is 1. The molecule has 2 rings (SSSR count). The van der Waals surface area contributed by atoms with E-state index in [2.05, 4.69) is 27.8 Å². The molecule has 2 N–H and O–H groups in total. The molecule has 1 aromatic carbocycles. The Balaban J connectivity index is 1.94. The van der Waals surface area contributed by atoms with Crippen molar-refractivity contribution in [2.75, 3.05) is 32.5 Å². The number of piperidine rings is 1. The van der Waals surface area contributed by atoms with Crippen LogP contribution < -0.4 is 10.5 Å². The molecular formula is C18H27BrN2O2. The molecule has 1 heterocycles. The highest BCUT2D eigenvalue weighted by atomic mass is 79.9. The van der Waals surface area contributed by atoms with Gasteiger partial charge in [0.25, 0.3) is 0 Å². The summed E-state index contributed by atoms with van der Waals surface area (Å²) in [6.07, 6.45) is 5.31. The van der Waals surface area contributed by atoms with Crippen LogP contribution in [0.5, 0.6) is 5.75 Å². The zero-order valence-electron chi connectivity index (χ0n) is 14.1. The first-order chi connectivity index (χ1) is 11.0. The summed E-state index contributed by atoms with van der Waals surface area (Å²) in [5, 5.41) is 0. The van der Waals surface area contributed by atoms with Gasteiger partial charge in [-0.25, -0.2) is 0 Å². The van der Waals surface area contributed by atoms with E-state index in [-0.39, 0.29) is 5.78 Å². The normalized spacial score (nSPS) is 16.5. The second-order valence-electron chi connectivity index (χ2n) is 6.34. The number of nitrogen functional groups attached to an aromatic ring is 1. The van der Waals surface area contributed by atoms with Gasteiger partial charge in [-0.05, 0) is 66.8 Å². The fraction of sp³-hybridized carbons (Fsp3) is 0.611. The Morgan fingerprint density at radius 2 is 2.09 bits per heavy atom. The number of ether oxygens (including phenoxy) is 1. The van der Waals surface area contributed by atoms with Crippen molar-refractivity contribution in [3.8, 4) is 5.75 Å². The van der Waals surface area contributed by atoms with Crippen LogP contribution in [-0.2, 0) is 0 Å². The zero-order chi connectivity index (χ0) is 16.8. The van der Waals surface area contributed by atoms with Gasteiger partial charge in [-0.15, -0.1) is 0 Å². The standard InChI is InChI=1S/C18H27BrN2O2/c1-3-4-7-21-8-5-13(6-9-21)10-17(22)14-11-15(19)16(20)12-18(14)23-2/h11-13H,3-10,20H2,1-2H3. The fourth-order valence-electron chi connectivity index (χ4n) is 3.12. The summed E-state index contributed by atoms with van der Waals surface area (Å²) in [5.74, 6) is 1.19. The van der Waals surface area contributed by atoms with Crippen LogP contribution in [0, 0.1) is 5.92 Å². The number of unbranched alkanes of at least 4 members (excludes halogenated alkanes) is 1. The van der Waals surface area contributed by atoms with Gasteiger partial charge in [0, 0.05) is 22.6 Å². The highest BCUT2D eigenvalue weighted by Gasteiger charge is 2.23. The van der Waals surface area contributed by atoms with Crippen molar-refractivity contribution >= 4 is 27.4 Å². The number of benzene rings is 1. The van der Waals surface area contributed by atoms with Crippen LogP contribution in [0.4, 0.5) is 5.69 Å². The largest absolute Gasteiger partial charge is 0.496 e. The quantitative estimate of drug-likeness (QED) is 0.568. The molecule has 0 aliphatic carbocycles. The first-order valence-corrected chi connectivity index (χ1v) is 9.23. The molecule has 0 bridgehead atoms. The van der Waals surface area contributed by atoms with Crippen LogP contribution in [0.3, 0.4) is 0 Å². The Morgan fingerprint density at radius 3 is 2.70 bits per heavy atom. The van der Waals surface area contributed by atoms with E-state index in [1.807, 2.05) is 0 Å². The van der Waals surface area contributed by atoms with Gasteiger partial charge in [0.2, 0.25) is 0 Å². The Labute approximate surface area is 147 Å². The van der Waals surface area contributed by atoms with Crippen LogP contribution in [0.2, 0.25) is 0 Å². The van der Waals surface area contributed by atoms with Crippen LogP contribution in [0.25, 0.3) is 0 Å². The molecule has 23 heavy (non-hydrogen) atoms. The number of carbonyl (C=O) groups excluding carboxylic acids is 1. The lowest BCUT2D eigenvalue weighted by Gasteiger charge is -2.31.